The summed E-state index contributed by atoms with van der Waals surface area (Å²) in [7, 11) is 0. The average molecular weight is 403 g/mol. The van der Waals surface area contributed by atoms with Gasteiger partial charge in [0.1, 0.15) is 0 Å². The number of carboxylic acid groups (broad SMARTS) is 1. The number of nitrogens with one attached hydrogen (secondary N) is 1. The number of benzene rings is 3. The Balaban J connectivity index is 2.07. The van der Waals surface area contributed by atoms with Crippen molar-refractivity contribution in [1.29, 1.82) is 0 Å². The molecule has 150 valence electrons. The molecule has 3 rings (SSSR count). The summed E-state index contributed by atoms with van der Waals surface area (Å²) < 4.78 is 107. The molecule has 0 aliphatic rings. The molecule has 4 nitrogen and oxygen atoms in total. The van der Waals surface area contributed by atoms with E-state index in [1.807, 2.05) is 0 Å². The van der Waals surface area contributed by atoms with E-state index in [1.165, 1.54) is 18.2 Å². The Hall–Kier alpha value is -2.95. The molecule has 0 radical (unpaired) electrons. The van der Waals surface area contributed by atoms with Gasteiger partial charge in [-0.1, -0.05) is 66.1 Å². The fourth-order valence-corrected chi connectivity index (χ4v) is 2.41. The first-order valence-electron chi connectivity index (χ1n) is 15.1. The smallest absolute Gasteiger partial charge is 0.335 e. The van der Waals surface area contributed by atoms with Crippen LogP contribution in [-0.2, 0) is 6.42 Å². The Kier molecular flexibility index (Phi) is 3.35. The minimum atomic E-state index is -2.89. The molecule has 0 amide bonds. The van der Waals surface area contributed by atoms with E-state index in [-0.39, 0.29) is 5.56 Å². The van der Waals surface area contributed by atoms with E-state index in [1.54, 1.807) is 13.0 Å². The van der Waals surface area contributed by atoms with Gasteiger partial charge in [0.25, 0.3) is 0 Å². The number of aliphatic hydroxyl groups is 1. The number of hydrogen-bond donors (Lipinski definition) is 3. The summed E-state index contributed by atoms with van der Waals surface area (Å²) >= 11 is 0. The van der Waals surface area contributed by atoms with Crippen molar-refractivity contribution >= 4 is 5.97 Å². The third-order valence-electron chi connectivity index (χ3n) is 3.78. The van der Waals surface area contributed by atoms with E-state index in [9.17, 15) is 15.0 Å². The van der Waals surface area contributed by atoms with Gasteiger partial charge >= 0.3 is 5.97 Å². The van der Waals surface area contributed by atoms with Crippen molar-refractivity contribution in [3.63, 3.8) is 0 Å². The summed E-state index contributed by atoms with van der Waals surface area (Å²) in [6, 6.07) is -0.908. The quantitative estimate of drug-likeness (QED) is 0.489. The highest BCUT2D eigenvalue weighted by molar-refractivity contribution is 5.89. The SMILES string of the molecule is [2H]c1c([2H])c(CC([2H])([2H])CNC([2H])([2H])[C@]([2H])(O)c2cccc(C)c2)c([2H])c(-c2c([2H])c([2H])c([2H])c(C(=O)O)c2[2H])c1[2H]. The van der Waals surface area contributed by atoms with Crippen LogP contribution in [0.5, 0.6) is 0 Å². The first-order valence-corrected chi connectivity index (χ1v) is 8.64. The largest absolute Gasteiger partial charge is 0.478 e. The van der Waals surface area contributed by atoms with E-state index < -0.39 is 108 Å². The minimum Gasteiger partial charge on any atom is -0.478 e. The minimum absolute atomic E-state index is 0.0949. The van der Waals surface area contributed by atoms with E-state index in [0.717, 1.165) is 0 Å². The van der Waals surface area contributed by atoms with Crippen LogP contribution < -0.4 is 5.32 Å². The van der Waals surface area contributed by atoms with Crippen molar-refractivity contribution in [3.05, 3.63) is 94.9 Å². The van der Waals surface area contributed by atoms with Gasteiger partial charge in [-0.2, -0.15) is 0 Å². The maximum atomic E-state index is 11.7. The van der Waals surface area contributed by atoms with Crippen molar-refractivity contribution in [2.45, 2.75) is 25.8 Å². The molecule has 0 spiro atoms. The third-order valence-corrected chi connectivity index (χ3v) is 3.78. The molecule has 0 saturated carbocycles. The molecule has 0 aliphatic heterocycles. The van der Waals surface area contributed by atoms with Gasteiger partial charge in [-0.25, -0.2) is 4.79 Å². The van der Waals surface area contributed by atoms with Gasteiger partial charge in [0.2, 0.25) is 0 Å². The van der Waals surface area contributed by atoms with Gasteiger partial charge in [0.15, 0.2) is 0 Å². The number of aromatic carboxylic acids is 1. The van der Waals surface area contributed by atoms with Crippen molar-refractivity contribution in [2.24, 2.45) is 0 Å². The predicted molar refractivity (Wildman–Crippen MR) is 116 cm³/mol. The summed E-state index contributed by atoms with van der Waals surface area (Å²) in [6.45, 7) is -2.07. The van der Waals surface area contributed by atoms with Crippen molar-refractivity contribution < 1.29 is 32.8 Å². The standard InChI is InChI=1S/C25H27NO3/c1-18-6-2-11-22(14-18)24(27)17-26-13-5-8-19-7-3-9-20(15-19)21-10-4-12-23(16-21)25(28)29/h2-4,6-7,9-12,14-16,24,26-27H,5,8,13,17H2,1H3,(H,28,29)/t24-/m0/s1/i3D,4D,5D2,7D,9D,10D,12D,15D,16D,17D2,24D. The first kappa shape index (κ1) is 9.70. The lowest BCUT2D eigenvalue weighted by atomic mass is 9.99. The summed E-state index contributed by atoms with van der Waals surface area (Å²) in [6.07, 6.45) is -6.16. The molecular formula is C25H27NO3. The fraction of sp³-hybridized carbons (Fsp3) is 0.240. The van der Waals surface area contributed by atoms with Crippen LogP contribution in [0.3, 0.4) is 0 Å². The molecule has 0 saturated heterocycles. The molecule has 29 heavy (non-hydrogen) atoms. The highest BCUT2D eigenvalue weighted by Crippen LogP contribution is 2.22. The lowest BCUT2D eigenvalue weighted by Crippen LogP contribution is -2.22. The zero-order valence-corrected chi connectivity index (χ0v) is 15.5. The Morgan fingerprint density at radius 2 is 1.97 bits per heavy atom. The number of aryl methyl sites for hydroxylation is 1. The molecule has 0 heterocycles. The van der Waals surface area contributed by atoms with Crippen LogP contribution in [0.1, 0.15) is 57.3 Å². The topological polar surface area (TPSA) is 69.6 Å². The molecule has 0 aromatic heterocycles. The predicted octanol–water partition coefficient (Wildman–Crippen LogP) is 4.62. The highest BCUT2D eigenvalue weighted by atomic mass is 16.4. The van der Waals surface area contributed by atoms with Crippen LogP contribution in [0.2, 0.25) is 0 Å². The molecule has 1 atom stereocenters. The molecule has 3 N–H and O–H groups in total. The summed E-state index contributed by atoms with van der Waals surface area (Å²) in [5.41, 5.74) is -2.25. The molecule has 0 aliphatic carbocycles. The molecule has 4 heteroatoms. The van der Waals surface area contributed by atoms with Crippen molar-refractivity contribution in [3.8, 4) is 11.1 Å². The van der Waals surface area contributed by atoms with Crippen molar-refractivity contribution in [2.75, 3.05) is 13.0 Å². The van der Waals surface area contributed by atoms with E-state index in [4.69, 9.17) is 17.8 Å². The van der Waals surface area contributed by atoms with E-state index >= 15 is 0 Å². The van der Waals surface area contributed by atoms with Gasteiger partial charge < -0.3 is 15.5 Å². The van der Waals surface area contributed by atoms with Crippen LogP contribution in [0.25, 0.3) is 11.1 Å². The fourth-order valence-electron chi connectivity index (χ4n) is 2.41. The Morgan fingerprint density at radius 1 is 1.21 bits per heavy atom. The maximum Gasteiger partial charge on any atom is 0.335 e. The number of hydrogen-bond acceptors (Lipinski definition) is 3. The summed E-state index contributed by atoms with van der Waals surface area (Å²) in [5.74, 6) is -1.77. The first-order chi connectivity index (χ1) is 19.2. The maximum absolute atomic E-state index is 11.7. The van der Waals surface area contributed by atoms with Crippen LogP contribution in [0, 0.1) is 6.92 Å². The average Bonchev–Trinajstić information content (AvgIpc) is 2.89. The molecule has 3 aromatic rings. The number of rotatable bonds is 9. The van der Waals surface area contributed by atoms with E-state index in [0.29, 0.717) is 5.56 Å². The summed E-state index contributed by atoms with van der Waals surface area (Å²) in [4.78, 5) is 11.7. The zero-order valence-electron chi connectivity index (χ0n) is 28.5. The number of carboxylic acids is 1. The van der Waals surface area contributed by atoms with Crippen LogP contribution in [-0.4, -0.2) is 29.2 Å². The van der Waals surface area contributed by atoms with Gasteiger partial charge in [0, 0.05) is 12.0 Å². The molecule has 0 bridgehead atoms. The Bertz CT molecular complexity index is 1570. The highest BCUT2D eigenvalue weighted by Gasteiger charge is 2.07. The van der Waals surface area contributed by atoms with Gasteiger partial charge in [-0.3, -0.25) is 0 Å². The Morgan fingerprint density at radius 3 is 2.72 bits per heavy atom. The second-order valence-corrected chi connectivity index (χ2v) is 6.03. The third kappa shape index (κ3) is 6.01. The lowest BCUT2D eigenvalue weighted by Gasteiger charge is -2.13. The van der Waals surface area contributed by atoms with Crippen LogP contribution in [0.15, 0.2) is 72.6 Å². The second kappa shape index (κ2) is 10.0. The molecular weight excluding hydrogens is 362 g/mol. The summed E-state index contributed by atoms with van der Waals surface area (Å²) in [5, 5.41) is 22.4. The lowest BCUT2D eigenvalue weighted by molar-refractivity contribution is 0.0697. The van der Waals surface area contributed by atoms with Gasteiger partial charge in [0.05, 0.1) is 24.0 Å². The van der Waals surface area contributed by atoms with Gasteiger partial charge in [-0.15, -0.1) is 0 Å². The molecule has 0 unspecified atom stereocenters. The number of carbonyl (C=O) groups is 1. The normalized spacial score (nSPS) is 20.4. The second-order valence-electron chi connectivity index (χ2n) is 6.03. The Labute approximate surface area is 190 Å². The van der Waals surface area contributed by atoms with E-state index in [2.05, 4.69) is 5.32 Å². The zero-order chi connectivity index (χ0) is 32.1. The molecule has 3 aromatic carbocycles. The molecule has 0 fully saturated rings. The van der Waals surface area contributed by atoms with Crippen LogP contribution in [0.4, 0.5) is 0 Å². The van der Waals surface area contributed by atoms with Gasteiger partial charge in [-0.05, 0) is 60.6 Å². The van der Waals surface area contributed by atoms with Crippen LogP contribution >= 0.6 is 0 Å². The van der Waals surface area contributed by atoms with Crippen molar-refractivity contribution in [1.82, 2.24) is 5.32 Å². The monoisotopic (exact) mass is 402 g/mol.